The minimum atomic E-state index is -5.08. The Bertz CT molecular complexity index is 1470. The fraction of sp³-hybridized carbons (Fsp3) is 0.333. The van der Waals surface area contributed by atoms with Crippen LogP contribution in [-0.2, 0) is 42.2 Å². The summed E-state index contributed by atoms with van der Waals surface area (Å²) in [6.45, 7) is 2.55. The van der Waals surface area contributed by atoms with Crippen LogP contribution in [-0.4, -0.2) is 65.0 Å². The van der Waals surface area contributed by atoms with Gasteiger partial charge in [0.2, 0.25) is 0 Å². The van der Waals surface area contributed by atoms with Crippen molar-refractivity contribution in [3.05, 3.63) is 107 Å². The minimum absolute atomic E-state index is 0. The first-order chi connectivity index (χ1) is 21.1. The summed E-state index contributed by atoms with van der Waals surface area (Å²) in [5.74, 6) is -6.12. The molecule has 4 rings (SSSR count). The Morgan fingerprint density at radius 2 is 1.62 bits per heavy atom. The van der Waals surface area contributed by atoms with Gasteiger partial charge in [0.25, 0.3) is 0 Å². The molecule has 45 heavy (non-hydrogen) atoms. The van der Waals surface area contributed by atoms with E-state index in [0.29, 0.717) is 25.1 Å². The maximum atomic E-state index is 14.2. The Hall–Kier alpha value is -4.02. The number of esters is 1. The molecular formula is C33H33F3N3NiO5-. The third-order valence-corrected chi connectivity index (χ3v) is 7.33. The van der Waals surface area contributed by atoms with Crippen molar-refractivity contribution >= 4 is 29.2 Å². The quantitative estimate of drug-likeness (QED) is 0.138. The predicted molar refractivity (Wildman–Crippen MR) is 159 cm³/mol. The van der Waals surface area contributed by atoms with Crippen LogP contribution in [0.5, 0.6) is 0 Å². The maximum Gasteiger partial charge on any atom is 0.395 e. The first-order valence-corrected chi connectivity index (χ1v) is 14.3. The number of likely N-dealkylation sites (tertiary alicyclic amines) is 1. The number of alkyl halides is 3. The Morgan fingerprint density at radius 1 is 1.00 bits per heavy atom. The average molecular weight is 667 g/mol. The summed E-state index contributed by atoms with van der Waals surface area (Å²) in [7, 11) is 0. The second kappa shape index (κ2) is 16.3. The van der Waals surface area contributed by atoms with Crippen LogP contribution < -0.4 is 0 Å². The molecule has 0 bridgehead atoms. The molecule has 0 radical (unpaired) electrons. The van der Waals surface area contributed by atoms with Crippen molar-refractivity contribution in [3.8, 4) is 0 Å². The van der Waals surface area contributed by atoms with E-state index in [0.717, 1.165) is 12.0 Å². The van der Waals surface area contributed by atoms with Crippen molar-refractivity contribution in [2.45, 2.75) is 51.0 Å². The predicted octanol–water partition coefficient (Wildman–Crippen LogP) is 6.30. The van der Waals surface area contributed by atoms with Gasteiger partial charge in [-0.25, -0.2) is 4.79 Å². The molecule has 0 unspecified atom stereocenters. The van der Waals surface area contributed by atoms with Gasteiger partial charge < -0.3 is 20.0 Å². The van der Waals surface area contributed by atoms with E-state index in [-0.39, 0.29) is 40.1 Å². The van der Waals surface area contributed by atoms with Crippen molar-refractivity contribution in [3.63, 3.8) is 0 Å². The molecule has 12 heteroatoms. The van der Waals surface area contributed by atoms with E-state index in [1.807, 2.05) is 35.2 Å². The van der Waals surface area contributed by atoms with Gasteiger partial charge in [0.05, 0.1) is 36.6 Å². The fourth-order valence-electron chi connectivity index (χ4n) is 5.24. The molecule has 1 amide bonds. The molecule has 3 aromatic carbocycles. The summed E-state index contributed by atoms with van der Waals surface area (Å²) in [5.41, 5.74) is 1.59. The number of hydrogen-bond acceptors (Lipinski definition) is 6. The Labute approximate surface area is 269 Å². The number of carboxylic acid groups (broad SMARTS) is 1. The molecule has 1 heterocycles. The van der Waals surface area contributed by atoms with Crippen LogP contribution in [0.2, 0.25) is 0 Å². The Morgan fingerprint density at radius 3 is 2.24 bits per heavy atom. The SMILES string of the molecule is CCOC(=O)C[C@@H]([C@H](N=C(c1ccccc1)c1ccccc1[N-]C(=O)[C@@H]1CCCN1Cc1ccccc1)C(=O)O)C(F)(F)F.[Ni]. The summed E-state index contributed by atoms with van der Waals surface area (Å²) >= 11 is 0. The molecule has 3 atom stereocenters. The number of benzene rings is 3. The van der Waals surface area contributed by atoms with Gasteiger partial charge in [-0.15, -0.1) is 5.69 Å². The summed E-state index contributed by atoms with van der Waals surface area (Å²) in [6.07, 6.45) is -4.90. The van der Waals surface area contributed by atoms with Crippen LogP contribution in [0.3, 0.4) is 0 Å². The third kappa shape index (κ3) is 9.49. The number of rotatable bonds is 12. The Balaban J connectivity index is 0.00000552. The summed E-state index contributed by atoms with van der Waals surface area (Å²) in [6, 6.07) is 21.2. The zero-order valence-corrected chi connectivity index (χ0v) is 25.4. The van der Waals surface area contributed by atoms with Crippen molar-refractivity contribution in [2.24, 2.45) is 10.9 Å². The number of halogens is 3. The van der Waals surface area contributed by atoms with E-state index < -0.39 is 48.4 Å². The van der Waals surface area contributed by atoms with Crippen LogP contribution >= 0.6 is 0 Å². The molecule has 242 valence electrons. The van der Waals surface area contributed by atoms with Gasteiger partial charge in [-0.2, -0.15) is 13.2 Å². The molecule has 1 saturated heterocycles. The molecular weight excluding hydrogens is 634 g/mol. The first kappa shape index (κ1) is 35.5. The standard InChI is InChI=1S/C33H34F3N3O5.Ni/c1-2-44-28(40)20-25(33(34,35)36)30(32(42)43)38-29(23-14-7-4-8-15-23)24-16-9-10-17-26(24)37-31(41)27-18-11-19-39(27)21-22-12-5-3-6-13-22;/h3-10,12-17,25,27,30H,2,11,18-21H2,1H3,(H2,37,38,41,42,43);/p-1/t25-,27-,30-;/m0./s1. The largest absolute Gasteiger partial charge is 0.625 e. The molecule has 0 aliphatic carbocycles. The van der Waals surface area contributed by atoms with E-state index in [2.05, 4.69) is 10.3 Å². The van der Waals surface area contributed by atoms with E-state index in [1.54, 1.807) is 42.5 Å². The number of aliphatic imine (C=N–C) groups is 1. The second-order valence-electron chi connectivity index (χ2n) is 10.4. The molecule has 1 N–H and O–H groups in total. The molecule has 0 aromatic heterocycles. The Kier molecular flexibility index (Phi) is 12.9. The molecule has 1 aliphatic heterocycles. The van der Waals surface area contributed by atoms with E-state index in [1.165, 1.54) is 19.1 Å². The number of carboxylic acids is 1. The average Bonchev–Trinajstić information content (AvgIpc) is 3.46. The minimum Gasteiger partial charge on any atom is -0.625 e. The normalized spacial score (nSPS) is 16.7. The van der Waals surface area contributed by atoms with Crippen molar-refractivity contribution in [1.82, 2.24) is 4.90 Å². The van der Waals surface area contributed by atoms with E-state index in [9.17, 15) is 32.7 Å². The van der Waals surface area contributed by atoms with Crippen LogP contribution in [0.4, 0.5) is 18.9 Å². The number of aliphatic carboxylic acids is 1. The number of hydrogen-bond donors (Lipinski definition) is 1. The zero-order chi connectivity index (χ0) is 31.7. The fourth-order valence-corrected chi connectivity index (χ4v) is 5.24. The molecule has 3 aromatic rings. The van der Waals surface area contributed by atoms with Crippen LogP contribution in [0.1, 0.15) is 42.9 Å². The molecule has 1 fully saturated rings. The topological polar surface area (TPSA) is 110 Å². The summed E-state index contributed by atoms with van der Waals surface area (Å²) < 4.78 is 47.3. The second-order valence-corrected chi connectivity index (χ2v) is 10.4. The van der Waals surface area contributed by atoms with Gasteiger partial charge >= 0.3 is 18.1 Å². The smallest absolute Gasteiger partial charge is 0.395 e. The number of carbonyl (C=O) groups is 3. The molecule has 0 spiro atoms. The van der Waals surface area contributed by atoms with Gasteiger partial charge in [0.1, 0.15) is 0 Å². The molecule has 1 aliphatic rings. The number of nitrogens with zero attached hydrogens (tertiary/aromatic N) is 3. The monoisotopic (exact) mass is 666 g/mol. The van der Waals surface area contributed by atoms with E-state index >= 15 is 0 Å². The van der Waals surface area contributed by atoms with Crippen LogP contribution in [0.15, 0.2) is 89.9 Å². The van der Waals surface area contributed by atoms with Gasteiger partial charge in [0.15, 0.2) is 6.04 Å². The molecule has 0 saturated carbocycles. The number of carbonyl (C=O) groups excluding carboxylic acids is 2. The van der Waals surface area contributed by atoms with E-state index in [4.69, 9.17) is 4.74 Å². The van der Waals surface area contributed by atoms with Crippen molar-refractivity contribution in [2.75, 3.05) is 13.2 Å². The van der Waals surface area contributed by atoms with Gasteiger partial charge in [-0.1, -0.05) is 84.9 Å². The van der Waals surface area contributed by atoms with Crippen molar-refractivity contribution < 1.29 is 53.9 Å². The summed E-state index contributed by atoms with van der Waals surface area (Å²) in [5, 5.41) is 14.4. The van der Waals surface area contributed by atoms with Gasteiger partial charge in [0, 0.05) is 28.6 Å². The maximum absolute atomic E-state index is 14.2. The van der Waals surface area contributed by atoms with Crippen molar-refractivity contribution in [1.29, 1.82) is 0 Å². The number of ether oxygens (including phenoxy) is 1. The third-order valence-electron chi connectivity index (χ3n) is 7.33. The first-order valence-electron chi connectivity index (χ1n) is 14.3. The van der Waals surface area contributed by atoms with Crippen LogP contribution in [0.25, 0.3) is 5.32 Å². The number of para-hydroxylation sites is 1. The van der Waals surface area contributed by atoms with Gasteiger partial charge in [-0.3, -0.25) is 14.7 Å². The summed E-state index contributed by atoms with van der Waals surface area (Å²) in [4.78, 5) is 44.1. The van der Waals surface area contributed by atoms with Crippen LogP contribution in [0, 0.1) is 5.92 Å². The molecule has 8 nitrogen and oxygen atoms in total. The number of amides is 1. The zero-order valence-electron chi connectivity index (χ0n) is 24.4. The van der Waals surface area contributed by atoms with Gasteiger partial charge in [-0.05, 0) is 37.4 Å².